The van der Waals surface area contributed by atoms with Crippen LogP contribution in [-0.4, -0.2) is 43.8 Å². The summed E-state index contributed by atoms with van der Waals surface area (Å²) in [6.45, 7) is 6.12. The molecule has 4 heteroatoms. The van der Waals surface area contributed by atoms with E-state index in [1.165, 1.54) is 0 Å². The monoisotopic (exact) mass is 186 g/mol. The van der Waals surface area contributed by atoms with Gasteiger partial charge in [0, 0.05) is 32.8 Å². The molecule has 0 radical (unpaired) electrons. The van der Waals surface area contributed by atoms with Crippen molar-refractivity contribution in [1.29, 1.82) is 0 Å². The van der Waals surface area contributed by atoms with E-state index in [0.717, 1.165) is 45.7 Å². The molecule has 0 bridgehead atoms. The number of amides is 2. The van der Waals surface area contributed by atoms with Crippen molar-refractivity contribution in [3.63, 3.8) is 0 Å². The number of nitrogens with zero attached hydrogens (tertiary/aromatic N) is 1. The Morgan fingerprint density at radius 1 is 1.54 bits per heavy atom. The molecule has 2 amide bonds. The highest BCUT2D eigenvalue weighted by atomic mass is 16.5. The number of ether oxygens (including phenoxy) is 1. The van der Waals surface area contributed by atoms with Crippen molar-refractivity contribution < 1.29 is 9.53 Å². The molecule has 1 fully saturated rings. The summed E-state index contributed by atoms with van der Waals surface area (Å²) in [5.41, 5.74) is 0. The first kappa shape index (κ1) is 10.3. The largest absolute Gasteiger partial charge is 0.381 e. The van der Waals surface area contributed by atoms with E-state index in [0.29, 0.717) is 0 Å². The predicted molar refractivity (Wildman–Crippen MR) is 50.7 cm³/mol. The van der Waals surface area contributed by atoms with Gasteiger partial charge in [0.1, 0.15) is 0 Å². The van der Waals surface area contributed by atoms with E-state index >= 15 is 0 Å². The zero-order valence-corrected chi connectivity index (χ0v) is 8.21. The Balaban J connectivity index is 1.96. The molecule has 0 saturated carbocycles. The van der Waals surface area contributed by atoms with Crippen LogP contribution in [0.15, 0.2) is 0 Å². The third-order valence-electron chi connectivity index (χ3n) is 2.01. The topological polar surface area (TPSA) is 41.6 Å². The van der Waals surface area contributed by atoms with Crippen LogP contribution in [0.3, 0.4) is 0 Å². The van der Waals surface area contributed by atoms with E-state index in [2.05, 4.69) is 12.2 Å². The normalized spacial score (nSPS) is 16.4. The Kier molecular flexibility index (Phi) is 4.60. The van der Waals surface area contributed by atoms with E-state index in [-0.39, 0.29) is 6.03 Å². The van der Waals surface area contributed by atoms with Crippen molar-refractivity contribution >= 4 is 6.03 Å². The maximum Gasteiger partial charge on any atom is 0.317 e. The number of rotatable bonds is 6. The van der Waals surface area contributed by atoms with Gasteiger partial charge in [-0.1, -0.05) is 6.92 Å². The number of hydrogen-bond donors (Lipinski definition) is 1. The summed E-state index contributed by atoms with van der Waals surface area (Å²) in [5.74, 6) is 0. The van der Waals surface area contributed by atoms with E-state index in [9.17, 15) is 4.79 Å². The second-order valence-corrected chi connectivity index (χ2v) is 3.18. The quantitative estimate of drug-likeness (QED) is 0.624. The fourth-order valence-electron chi connectivity index (χ4n) is 1.33. The van der Waals surface area contributed by atoms with E-state index in [1.807, 2.05) is 4.90 Å². The predicted octanol–water partition coefficient (Wildman–Crippen LogP) is 0.828. The average Bonchev–Trinajstić information content (AvgIpc) is 2.52. The highest BCUT2D eigenvalue weighted by molar-refractivity contribution is 5.76. The van der Waals surface area contributed by atoms with Crippen LogP contribution in [0.5, 0.6) is 0 Å². The molecule has 1 heterocycles. The summed E-state index contributed by atoms with van der Waals surface area (Å²) < 4.78 is 5.32. The molecule has 0 aliphatic carbocycles. The lowest BCUT2D eigenvalue weighted by atomic mass is 10.4. The zero-order chi connectivity index (χ0) is 9.52. The Labute approximate surface area is 79.2 Å². The smallest absolute Gasteiger partial charge is 0.317 e. The lowest BCUT2D eigenvalue weighted by Crippen LogP contribution is -2.29. The maximum absolute atomic E-state index is 11.1. The molecule has 0 unspecified atom stereocenters. The second kappa shape index (κ2) is 5.80. The minimum Gasteiger partial charge on any atom is -0.381 e. The van der Waals surface area contributed by atoms with Gasteiger partial charge in [0.25, 0.3) is 0 Å². The Bertz CT molecular complexity index is 162. The van der Waals surface area contributed by atoms with Crippen LogP contribution >= 0.6 is 0 Å². The van der Waals surface area contributed by atoms with E-state index < -0.39 is 0 Å². The lowest BCUT2D eigenvalue weighted by Gasteiger charge is -2.13. The molecule has 1 N–H and O–H groups in total. The number of nitrogens with one attached hydrogen (secondary N) is 1. The third kappa shape index (κ3) is 3.63. The molecule has 1 aliphatic heterocycles. The van der Waals surface area contributed by atoms with Crippen molar-refractivity contribution in [2.45, 2.75) is 19.8 Å². The molecule has 0 aromatic heterocycles. The van der Waals surface area contributed by atoms with E-state index in [1.54, 1.807) is 0 Å². The Morgan fingerprint density at radius 3 is 3.00 bits per heavy atom. The minimum absolute atomic E-state index is 0.0653. The molecule has 0 atom stereocenters. The van der Waals surface area contributed by atoms with Crippen LogP contribution in [0.2, 0.25) is 0 Å². The summed E-state index contributed by atoms with van der Waals surface area (Å²) in [5, 5.41) is 2.77. The highest BCUT2D eigenvalue weighted by Crippen LogP contribution is 1.98. The molecule has 4 nitrogen and oxygen atoms in total. The van der Waals surface area contributed by atoms with Gasteiger partial charge in [0.05, 0.1) is 0 Å². The van der Waals surface area contributed by atoms with Gasteiger partial charge in [0.15, 0.2) is 0 Å². The molecule has 76 valence electrons. The fourth-order valence-corrected chi connectivity index (χ4v) is 1.33. The van der Waals surface area contributed by atoms with Crippen LogP contribution in [-0.2, 0) is 4.74 Å². The summed E-state index contributed by atoms with van der Waals surface area (Å²) in [6.07, 6.45) is 2.00. The van der Waals surface area contributed by atoms with Crippen molar-refractivity contribution in [2.75, 3.05) is 32.8 Å². The Morgan fingerprint density at radius 2 is 2.38 bits per heavy atom. The molecule has 1 saturated heterocycles. The van der Waals surface area contributed by atoms with Gasteiger partial charge in [0.2, 0.25) is 0 Å². The first-order valence-electron chi connectivity index (χ1n) is 4.95. The van der Waals surface area contributed by atoms with Crippen LogP contribution in [0.25, 0.3) is 0 Å². The molecular weight excluding hydrogens is 168 g/mol. The number of carbonyl (C=O) groups is 1. The number of carbonyl (C=O) groups excluding carboxylic acids is 1. The molecule has 0 aromatic rings. The maximum atomic E-state index is 11.1. The first-order chi connectivity index (χ1) is 6.34. The van der Waals surface area contributed by atoms with Gasteiger partial charge < -0.3 is 15.0 Å². The molecule has 0 spiro atoms. The minimum atomic E-state index is 0.0653. The van der Waals surface area contributed by atoms with Gasteiger partial charge in [-0.2, -0.15) is 0 Å². The summed E-state index contributed by atoms with van der Waals surface area (Å²) >= 11 is 0. The first-order valence-corrected chi connectivity index (χ1v) is 4.95. The summed E-state index contributed by atoms with van der Waals surface area (Å²) in [6, 6.07) is 0.0653. The van der Waals surface area contributed by atoms with Crippen molar-refractivity contribution in [3.05, 3.63) is 0 Å². The average molecular weight is 186 g/mol. The lowest BCUT2D eigenvalue weighted by molar-refractivity contribution is 0.125. The standard InChI is InChI=1S/C9H18N2O2/c1-2-7-13-8-3-5-11-6-4-10-9(11)12/h2-8H2,1H3,(H,10,12). The van der Waals surface area contributed by atoms with Crippen LogP contribution in [0.4, 0.5) is 4.79 Å². The molecular formula is C9H18N2O2. The van der Waals surface area contributed by atoms with Gasteiger partial charge in [-0.05, 0) is 12.8 Å². The van der Waals surface area contributed by atoms with Gasteiger partial charge >= 0.3 is 6.03 Å². The fraction of sp³-hybridized carbons (Fsp3) is 0.889. The molecule has 0 aromatic carbocycles. The van der Waals surface area contributed by atoms with Crippen LogP contribution in [0, 0.1) is 0 Å². The number of urea groups is 1. The molecule has 13 heavy (non-hydrogen) atoms. The molecule has 1 rings (SSSR count). The number of hydrogen-bond acceptors (Lipinski definition) is 2. The van der Waals surface area contributed by atoms with Crippen LogP contribution in [0.1, 0.15) is 19.8 Å². The summed E-state index contributed by atoms with van der Waals surface area (Å²) in [4.78, 5) is 12.9. The van der Waals surface area contributed by atoms with Crippen LogP contribution < -0.4 is 5.32 Å². The zero-order valence-electron chi connectivity index (χ0n) is 8.21. The van der Waals surface area contributed by atoms with Gasteiger partial charge in [-0.15, -0.1) is 0 Å². The van der Waals surface area contributed by atoms with Gasteiger partial charge in [-0.25, -0.2) is 4.79 Å². The second-order valence-electron chi connectivity index (χ2n) is 3.18. The molecule has 1 aliphatic rings. The van der Waals surface area contributed by atoms with Crippen molar-refractivity contribution in [1.82, 2.24) is 10.2 Å². The SMILES string of the molecule is CCCOCCCN1CCNC1=O. The van der Waals surface area contributed by atoms with Gasteiger partial charge in [-0.3, -0.25) is 0 Å². The van der Waals surface area contributed by atoms with E-state index in [4.69, 9.17) is 4.74 Å². The summed E-state index contributed by atoms with van der Waals surface area (Å²) in [7, 11) is 0. The third-order valence-corrected chi connectivity index (χ3v) is 2.01. The van der Waals surface area contributed by atoms with Crippen molar-refractivity contribution in [2.24, 2.45) is 0 Å². The Hall–Kier alpha value is -0.770. The van der Waals surface area contributed by atoms with Crippen molar-refractivity contribution in [3.8, 4) is 0 Å². The highest BCUT2D eigenvalue weighted by Gasteiger charge is 2.17.